The van der Waals surface area contributed by atoms with Crippen molar-refractivity contribution in [2.24, 2.45) is 11.7 Å². The van der Waals surface area contributed by atoms with Gasteiger partial charge >= 0.3 is 0 Å². The van der Waals surface area contributed by atoms with E-state index in [1.807, 2.05) is 20.8 Å². The summed E-state index contributed by atoms with van der Waals surface area (Å²) in [4.78, 5) is 45.3. The average molecular weight is 747 g/mol. The number of amides is 2. The third-order valence-corrected chi connectivity index (χ3v) is 9.46. The molecule has 15 heteroatoms. The van der Waals surface area contributed by atoms with E-state index in [2.05, 4.69) is 77.5 Å². The van der Waals surface area contributed by atoms with Gasteiger partial charge in [0.1, 0.15) is 24.1 Å². The molecule has 0 radical (unpaired) electrons. The lowest BCUT2D eigenvalue weighted by Gasteiger charge is -2.24. The number of carbonyl (C=O) groups excluding carboxylic acids is 2. The van der Waals surface area contributed by atoms with Gasteiger partial charge < -0.3 is 40.9 Å². The van der Waals surface area contributed by atoms with E-state index in [4.69, 9.17) is 10.5 Å². The number of nitrogens with two attached hydrogens (primary N) is 1. The summed E-state index contributed by atoms with van der Waals surface area (Å²) >= 11 is 7.33. The number of rotatable bonds is 10. The maximum Gasteiger partial charge on any atom is 0.250 e. The maximum atomic E-state index is 13.0. The lowest BCUT2D eigenvalue weighted by Crippen LogP contribution is -2.41. The molecule has 2 aliphatic heterocycles. The Balaban J connectivity index is 1.07. The van der Waals surface area contributed by atoms with Crippen LogP contribution in [0, 0.1) is 5.92 Å². The lowest BCUT2D eigenvalue weighted by molar-refractivity contribution is -0.123. The number of carbonyl (C=O) groups is 2. The Kier molecular flexibility index (Phi) is 9.34. The highest BCUT2D eigenvalue weighted by atomic mass is 79.9. The van der Waals surface area contributed by atoms with Crippen molar-refractivity contribution in [2.75, 3.05) is 53.2 Å². The Hall–Kier alpha value is -3.24. The third-order valence-electron chi connectivity index (χ3n) is 8.30. The minimum atomic E-state index is -0.352. The predicted molar refractivity (Wildman–Crippen MR) is 184 cm³/mol. The molecule has 0 saturated carbocycles. The van der Waals surface area contributed by atoms with Gasteiger partial charge in [0.2, 0.25) is 5.91 Å². The topological polar surface area (TPSA) is 169 Å². The molecule has 6 rings (SSSR count). The first-order chi connectivity index (χ1) is 21.6. The zero-order valence-corrected chi connectivity index (χ0v) is 28.6. The second-order valence-corrected chi connectivity index (χ2v) is 13.7. The van der Waals surface area contributed by atoms with Crippen LogP contribution in [0.3, 0.4) is 0 Å². The van der Waals surface area contributed by atoms with Crippen LogP contribution in [0.15, 0.2) is 33.7 Å². The molecule has 3 atom stereocenters. The highest BCUT2D eigenvalue weighted by Gasteiger charge is 2.29. The van der Waals surface area contributed by atoms with Crippen LogP contribution >= 0.6 is 31.9 Å². The second kappa shape index (κ2) is 13.2. The molecule has 6 heterocycles. The molecule has 0 aliphatic carbocycles. The molecule has 45 heavy (non-hydrogen) atoms. The van der Waals surface area contributed by atoms with Crippen molar-refractivity contribution in [3.05, 3.63) is 33.7 Å². The van der Waals surface area contributed by atoms with Gasteiger partial charge in [-0.1, -0.05) is 13.8 Å². The molecule has 4 aromatic rings. The highest BCUT2D eigenvalue weighted by Crippen LogP contribution is 2.40. The molecule has 2 fully saturated rings. The van der Waals surface area contributed by atoms with Crippen LogP contribution in [0.25, 0.3) is 22.1 Å². The minimum absolute atomic E-state index is 0.0520. The fraction of sp³-hybridized carbons (Fsp3) is 0.467. The van der Waals surface area contributed by atoms with Crippen molar-refractivity contribution in [1.29, 1.82) is 0 Å². The standard InChI is InChI=1S/C30H38Br2N10O3/c1-15(2)30(44)40-22-11-37-29-25(22)27(20(32)9-35-29)42-7-5-18(13-42)38-16(3)45-14-23(43)39-21-10-36-28-24(21)26(19(31)8-34-28)41-6-4-17(33)12-41/h8-11,15-18,38H,4-7,12-14,33H2,1-3H3,(H,34,36)(H,35,37)(H,39,43)(H,40,44)/t16?,17-,18-/m1/s1. The van der Waals surface area contributed by atoms with E-state index in [-0.39, 0.29) is 42.7 Å². The molecule has 4 aromatic heterocycles. The molecule has 7 N–H and O–H groups in total. The highest BCUT2D eigenvalue weighted by molar-refractivity contribution is 9.11. The second-order valence-electron chi connectivity index (χ2n) is 12.0. The summed E-state index contributed by atoms with van der Waals surface area (Å²) in [7, 11) is 0. The molecule has 0 aromatic carbocycles. The monoisotopic (exact) mass is 744 g/mol. The first-order valence-corrected chi connectivity index (χ1v) is 16.7. The number of nitrogens with zero attached hydrogens (tertiary/aromatic N) is 4. The zero-order valence-electron chi connectivity index (χ0n) is 25.4. The molecular weight excluding hydrogens is 708 g/mol. The van der Waals surface area contributed by atoms with Crippen LogP contribution in [-0.4, -0.2) is 82.8 Å². The number of hydrogen-bond donors (Lipinski definition) is 6. The van der Waals surface area contributed by atoms with Gasteiger partial charge in [0, 0.05) is 69.0 Å². The van der Waals surface area contributed by atoms with Crippen molar-refractivity contribution in [3.8, 4) is 0 Å². The number of aromatic amines is 2. The quantitative estimate of drug-likeness (QED) is 0.130. The molecule has 240 valence electrons. The van der Waals surface area contributed by atoms with E-state index in [0.717, 1.165) is 70.1 Å². The molecule has 13 nitrogen and oxygen atoms in total. The number of aromatic nitrogens is 4. The van der Waals surface area contributed by atoms with Crippen molar-refractivity contribution >= 4 is 88.5 Å². The van der Waals surface area contributed by atoms with Gasteiger partial charge in [-0.15, -0.1) is 0 Å². The van der Waals surface area contributed by atoms with Gasteiger partial charge in [0.25, 0.3) is 5.91 Å². The molecule has 2 aliphatic rings. The van der Waals surface area contributed by atoms with Crippen LogP contribution in [0.5, 0.6) is 0 Å². The van der Waals surface area contributed by atoms with Gasteiger partial charge in [-0.05, 0) is 51.6 Å². The van der Waals surface area contributed by atoms with Crippen LogP contribution in [0.4, 0.5) is 22.7 Å². The first-order valence-electron chi connectivity index (χ1n) is 15.1. The smallest absolute Gasteiger partial charge is 0.250 e. The van der Waals surface area contributed by atoms with Crippen LogP contribution in [0.2, 0.25) is 0 Å². The molecule has 0 bridgehead atoms. The SMILES string of the molecule is CC(N[C@@H]1CCN(c2c(Br)cnc3[nH]cc(NC(=O)C(C)C)c23)C1)OCC(=O)Nc1c[nH]c2ncc(Br)c(N3CC[C@@H](N)C3)c12. The minimum Gasteiger partial charge on any atom is -0.368 e. The van der Waals surface area contributed by atoms with E-state index in [9.17, 15) is 9.59 Å². The summed E-state index contributed by atoms with van der Waals surface area (Å²) < 4.78 is 7.63. The fourth-order valence-electron chi connectivity index (χ4n) is 6.06. The van der Waals surface area contributed by atoms with Crippen molar-refractivity contribution in [2.45, 2.75) is 51.9 Å². The largest absolute Gasteiger partial charge is 0.368 e. The van der Waals surface area contributed by atoms with Gasteiger partial charge in [-0.3, -0.25) is 14.9 Å². The third kappa shape index (κ3) is 6.68. The fourth-order valence-corrected chi connectivity index (χ4v) is 7.16. The Morgan fingerprint density at radius 2 is 1.53 bits per heavy atom. The summed E-state index contributed by atoms with van der Waals surface area (Å²) in [6.45, 7) is 8.63. The van der Waals surface area contributed by atoms with Crippen LogP contribution in [0.1, 0.15) is 33.6 Å². The summed E-state index contributed by atoms with van der Waals surface area (Å²) in [5.41, 5.74) is 10.9. The number of halogens is 2. The summed E-state index contributed by atoms with van der Waals surface area (Å²) in [5, 5.41) is 11.2. The average Bonchev–Trinajstić information content (AvgIpc) is 3.81. The van der Waals surface area contributed by atoms with Gasteiger partial charge in [0.15, 0.2) is 0 Å². The molecule has 0 spiro atoms. The van der Waals surface area contributed by atoms with Crippen molar-refractivity contribution < 1.29 is 14.3 Å². The van der Waals surface area contributed by atoms with Crippen molar-refractivity contribution in [1.82, 2.24) is 25.3 Å². The molecule has 1 unspecified atom stereocenters. The summed E-state index contributed by atoms with van der Waals surface area (Å²) in [6.07, 6.45) is 8.53. The summed E-state index contributed by atoms with van der Waals surface area (Å²) in [6, 6.07) is 0.249. The van der Waals surface area contributed by atoms with Gasteiger partial charge in [-0.2, -0.15) is 0 Å². The van der Waals surface area contributed by atoms with Crippen LogP contribution < -0.4 is 31.5 Å². The number of ether oxygens (including phenoxy) is 1. The number of hydrogen-bond acceptors (Lipinski definition) is 9. The normalized spacial score (nSPS) is 19.3. The van der Waals surface area contributed by atoms with E-state index in [1.165, 1.54) is 0 Å². The first kappa shape index (κ1) is 31.7. The van der Waals surface area contributed by atoms with Gasteiger partial charge in [-0.25, -0.2) is 9.97 Å². The van der Waals surface area contributed by atoms with E-state index < -0.39 is 0 Å². The Labute approximate surface area is 277 Å². The Morgan fingerprint density at radius 3 is 2.11 bits per heavy atom. The van der Waals surface area contributed by atoms with E-state index in [0.29, 0.717) is 22.7 Å². The maximum absolute atomic E-state index is 13.0. The molecule has 2 saturated heterocycles. The number of fused-ring (bicyclic) bond motifs is 2. The summed E-state index contributed by atoms with van der Waals surface area (Å²) in [5.74, 6) is -0.451. The molecule has 2 amide bonds. The zero-order chi connectivity index (χ0) is 31.8. The van der Waals surface area contributed by atoms with E-state index >= 15 is 0 Å². The lowest BCUT2D eigenvalue weighted by atomic mass is 10.2. The number of H-pyrrole nitrogens is 2. The van der Waals surface area contributed by atoms with Gasteiger partial charge in [0.05, 0.1) is 42.5 Å². The number of anilines is 4. The molecular formula is C30H38Br2N10O3. The Bertz CT molecular complexity index is 1720. The van der Waals surface area contributed by atoms with E-state index in [1.54, 1.807) is 24.8 Å². The number of pyridine rings is 2. The predicted octanol–water partition coefficient (Wildman–Crippen LogP) is 4.27. The van der Waals surface area contributed by atoms with Crippen LogP contribution in [-0.2, 0) is 14.3 Å². The van der Waals surface area contributed by atoms with Crippen molar-refractivity contribution in [3.63, 3.8) is 0 Å². The Morgan fingerprint density at radius 1 is 0.956 bits per heavy atom. The number of nitrogens with one attached hydrogen (secondary N) is 5.